The zero-order chi connectivity index (χ0) is 17.1. The van der Waals surface area contributed by atoms with Crippen LogP contribution >= 0.6 is 0 Å². The van der Waals surface area contributed by atoms with Gasteiger partial charge in [-0.15, -0.1) is 0 Å². The first-order valence-corrected chi connectivity index (χ1v) is 8.08. The summed E-state index contributed by atoms with van der Waals surface area (Å²) in [6, 6.07) is 13.4. The van der Waals surface area contributed by atoms with Crippen LogP contribution in [0.5, 0.6) is 11.5 Å². The molecule has 2 aromatic rings. The molecule has 3 rings (SSSR count). The zero-order valence-electron chi connectivity index (χ0n) is 14.2. The van der Waals surface area contributed by atoms with E-state index in [1.165, 1.54) is 0 Å². The summed E-state index contributed by atoms with van der Waals surface area (Å²) in [7, 11) is 2.03. The second-order valence-electron chi connectivity index (χ2n) is 6.07. The van der Waals surface area contributed by atoms with Crippen molar-refractivity contribution in [1.82, 2.24) is 0 Å². The van der Waals surface area contributed by atoms with E-state index in [0.717, 1.165) is 11.4 Å². The van der Waals surface area contributed by atoms with Crippen molar-refractivity contribution in [2.24, 2.45) is 0 Å². The predicted molar refractivity (Wildman–Crippen MR) is 95.4 cm³/mol. The number of amides is 1. The number of nitrogens with zero attached hydrogens (tertiary/aromatic N) is 1. The Labute approximate surface area is 142 Å². The fraction of sp³-hybridized carbons (Fsp3) is 0.316. The minimum Gasteiger partial charge on any atom is -0.486 e. The van der Waals surface area contributed by atoms with Crippen molar-refractivity contribution in [2.75, 3.05) is 30.5 Å². The molecule has 1 heterocycles. The number of hydrogen-bond donors (Lipinski definition) is 1. The molecule has 0 saturated carbocycles. The molecule has 0 atom stereocenters. The maximum atomic E-state index is 12.5. The maximum Gasteiger partial charge on any atom is 0.255 e. The van der Waals surface area contributed by atoms with E-state index < -0.39 is 0 Å². The highest BCUT2D eigenvalue weighted by atomic mass is 16.6. The van der Waals surface area contributed by atoms with Gasteiger partial charge in [0.05, 0.1) is 0 Å². The van der Waals surface area contributed by atoms with E-state index in [2.05, 4.69) is 24.1 Å². The van der Waals surface area contributed by atoms with Gasteiger partial charge < -0.3 is 19.7 Å². The van der Waals surface area contributed by atoms with Gasteiger partial charge in [0.15, 0.2) is 11.5 Å². The molecule has 0 spiro atoms. The Morgan fingerprint density at radius 3 is 2.58 bits per heavy atom. The first-order chi connectivity index (χ1) is 11.5. The quantitative estimate of drug-likeness (QED) is 0.933. The molecule has 0 fully saturated rings. The van der Waals surface area contributed by atoms with E-state index in [-0.39, 0.29) is 5.91 Å². The average molecular weight is 326 g/mol. The zero-order valence-corrected chi connectivity index (χ0v) is 14.2. The van der Waals surface area contributed by atoms with E-state index in [0.29, 0.717) is 36.3 Å². The van der Waals surface area contributed by atoms with Crippen LogP contribution in [0.1, 0.15) is 24.2 Å². The number of ether oxygens (including phenoxy) is 2. The lowest BCUT2D eigenvalue weighted by molar-refractivity contribution is 0.102. The van der Waals surface area contributed by atoms with E-state index in [1.807, 2.05) is 31.3 Å². The van der Waals surface area contributed by atoms with Crippen LogP contribution in [-0.4, -0.2) is 32.2 Å². The number of anilines is 2. The Morgan fingerprint density at radius 1 is 1.08 bits per heavy atom. The molecule has 0 aromatic heterocycles. The van der Waals surface area contributed by atoms with Crippen molar-refractivity contribution in [3.05, 3.63) is 48.0 Å². The van der Waals surface area contributed by atoms with Crippen LogP contribution < -0.4 is 19.7 Å². The molecule has 126 valence electrons. The largest absolute Gasteiger partial charge is 0.486 e. The van der Waals surface area contributed by atoms with Crippen molar-refractivity contribution in [1.29, 1.82) is 0 Å². The highest BCUT2D eigenvalue weighted by molar-refractivity contribution is 6.04. The molecule has 2 aromatic carbocycles. The molecule has 5 nitrogen and oxygen atoms in total. The SMILES string of the molecule is CC(C)N(C)c1cccc(NC(=O)c2ccc3c(c2)OCCO3)c1. The van der Waals surface area contributed by atoms with Crippen molar-refractivity contribution in [2.45, 2.75) is 19.9 Å². The molecule has 0 bridgehead atoms. The Hall–Kier alpha value is -2.69. The summed E-state index contributed by atoms with van der Waals surface area (Å²) in [4.78, 5) is 14.6. The molecule has 0 radical (unpaired) electrons. The van der Waals surface area contributed by atoms with E-state index in [1.54, 1.807) is 18.2 Å². The summed E-state index contributed by atoms with van der Waals surface area (Å²) in [5.41, 5.74) is 2.37. The van der Waals surface area contributed by atoms with Crippen molar-refractivity contribution in [3.8, 4) is 11.5 Å². The van der Waals surface area contributed by atoms with Crippen molar-refractivity contribution in [3.63, 3.8) is 0 Å². The highest BCUT2D eigenvalue weighted by Gasteiger charge is 2.15. The molecule has 1 amide bonds. The second kappa shape index (κ2) is 6.83. The molecule has 0 unspecified atom stereocenters. The lowest BCUT2D eigenvalue weighted by Gasteiger charge is -2.24. The Balaban J connectivity index is 1.76. The van der Waals surface area contributed by atoms with Crippen LogP contribution in [0.3, 0.4) is 0 Å². The number of benzene rings is 2. The monoisotopic (exact) mass is 326 g/mol. The first kappa shape index (κ1) is 16.2. The average Bonchev–Trinajstić information content (AvgIpc) is 2.60. The Bertz CT molecular complexity index is 743. The second-order valence-corrected chi connectivity index (χ2v) is 6.07. The van der Waals surface area contributed by atoms with Gasteiger partial charge >= 0.3 is 0 Å². The summed E-state index contributed by atoms with van der Waals surface area (Å²) >= 11 is 0. The normalized spacial score (nSPS) is 12.8. The van der Waals surface area contributed by atoms with Crippen LogP contribution in [0, 0.1) is 0 Å². The fourth-order valence-corrected chi connectivity index (χ4v) is 2.49. The summed E-state index contributed by atoms with van der Waals surface area (Å²) in [6.45, 7) is 5.29. The summed E-state index contributed by atoms with van der Waals surface area (Å²) in [5, 5.41) is 2.94. The van der Waals surface area contributed by atoms with Crippen LogP contribution in [0.25, 0.3) is 0 Å². The molecule has 24 heavy (non-hydrogen) atoms. The third-order valence-corrected chi connectivity index (χ3v) is 4.09. The summed E-state index contributed by atoms with van der Waals surface area (Å²) in [6.07, 6.45) is 0. The van der Waals surface area contributed by atoms with E-state index >= 15 is 0 Å². The Kier molecular flexibility index (Phi) is 4.60. The van der Waals surface area contributed by atoms with Crippen LogP contribution in [0.15, 0.2) is 42.5 Å². The first-order valence-electron chi connectivity index (χ1n) is 8.08. The fourth-order valence-electron chi connectivity index (χ4n) is 2.49. The van der Waals surface area contributed by atoms with Gasteiger partial charge in [0, 0.05) is 30.0 Å². The van der Waals surface area contributed by atoms with Gasteiger partial charge in [0.25, 0.3) is 5.91 Å². The lowest BCUT2D eigenvalue weighted by atomic mass is 10.1. The molecule has 0 saturated heterocycles. The molecule has 1 aliphatic heterocycles. The number of fused-ring (bicyclic) bond motifs is 1. The number of carbonyl (C=O) groups is 1. The molecular formula is C19H22N2O3. The van der Waals surface area contributed by atoms with E-state index in [4.69, 9.17) is 9.47 Å². The number of hydrogen-bond acceptors (Lipinski definition) is 4. The van der Waals surface area contributed by atoms with Crippen LogP contribution in [-0.2, 0) is 0 Å². The topological polar surface area (TPSA) is 50.8 Å². The standard InChI is InChI=1S/C19H22N2O3/c1-13(2)21(3)16-6-4-5-15(12-16)20-19(22)14-7-8-17-18(11-14)24-10-9-23-17/h4-8,11-13H,9-10H2,1-3H3,(H,20,22). The number of carbonyl (C=O) groups excluding carboxylic acids is 1. The van der Waals surface area contributed by atoms with Gasteiger partial charge in [0.1, 0.15) is 13.2 Å². The minimum absolute atomic E-state index is 0.170. The summed E-state index contributed by atoms with van der Waals surface area (Å²) < 4.78 is 11.0. The molecule has 5 heteroatoms. The maximum absolute atomic E-state index is 12.5. The molecular weight excluding hydrogens is 304 g/mol. The third-order valence-electron chi connectivity index (χ3n) is 4.09. The third kappa shape index (κ3) is 3.45. The molecule has 0 aliphatic carbocycles. The van der Waals surface area contributed by atoms with Crippen LogP contribution in [0.2, 0.25) is 0 Å². The summed E-state index contributed by atoms with van der Waals surface area (Å²) in [5.74, 6) is 1.12. The van der Waals surface area contributed by atoms with Gasteiger partial charge in [-0.05, 0) is 50.2 Å². The van der Waals surface area contributed by atoms with Crippen LogP contribution in [0.4, 0.5) is 11.4 Å². The van der Waals surface area contributed by atoms with Gasteiger partial charge in [0.2, 0.25) is 0 Å². The van der Waals surface area contributed by atoms with Gasteiger partial charge in [-0.1, -0.05) is 6.07 Å². The van der Waals surface area contributed by atoms with Gasteiger partial charge in [-0.2, -0.15) is 0 Å². The van der Waals surface area contributed by atoms with Crippen molar-refractivity contribution >= 4 is 17.3 Å². The van der Waals surface area contributed by atoms with Gasteiger partial charge in [-0.25, -0.2) is 0 Å². The smallest absolute Gasteiger partial charge is 0.255 e. The number of rotatable bonds is 4. The lowest BCUT2D eigenvalue weighted by Crippen LogP contribution is -2.25. The molecule has 1 N–H and O–H groups in total. The molecule has 1 aliphatic rings. The minimum atomic E-state index is -0.170. The predicted octanol–water partition coefficient (Wildman–Crippen LogP) is 3.55. The van der Waals surface area contributed by atoms with Gasteiger partial charge in [-0.3, -0.25) is 4.79 Å². The number of nitrogens with one attached hydrogen (secondary N) is 1. The van der Waals surface area contributed by atoms with Crippen molar-refractivity contribution < 1.29 is 14.3 Å². The van der Waals surface area contributed by atoms with E-state index in [9.17, 15) is 4.79 Å². The highest BCUT2D eigenvalue weighted by Crippen LogP contribution is 2.31. The Morgan fingerprint density at radius 2 is 1.83 bits per heavy atom.